The third-order valence-electron chi connectivity index (χ3n) is 4.95. The van der Waals surface area contributed by atoms with Gasteiger partial charge in [0.05, 0.1) is 5.56 Å². The minimum absolute atomic E-state index is 0.0278. The second kappa shape index (κ2) is 7.09. The predicted octanol–water partition coefficient (Wildman–Crippen LogP) is 4.96. The van der Waals surface area contributed by atoms with Crippen LogP contribution in [0, 0.1) is 0 Å². The Hall–Kier alpha value is -2.62. The van der Waals surface area contributed by atoms with E-state index in [1.165, 1.54) is 25.7 Å². The topological polar surface area (TPSA) is 44.7 Å². The number of amides is 1. The van der Waals surface area contributed by atoms with Crippen molar-refractivity contribution in [3.8, 4) is 0 Å². The van der Waals surface area contributed by atoms with Gasteiger partial charge in [-0.05, 0) is 43.4 Å². The van der Waals surface area contributed by atoms with Crippen LogP contribution >= 0.6 is 0 Å². The zero-order chi connectivity index (χ0) is 17.1. The number of nitrogens with one attached hydrogen (secondary N) is 1. The number of carbonyl (C=O) groups excluding carboxylic acids is 1. The highest BCUT2D eigenvalue weighted by molar-refractivity contribution is 6.02. The van der Waals surface area contributed by atoms with E-state index < -0.39 is 0 Å². The fourth-order valence-electron chi connectivity index (χ4n) is 3.60. The molecular formula is C21H23N3O. The molecule has 2 aromatic rings. The molecule has 0 radical (unpaired) electrons. The lowest BCUT2D eigenvalue weighted by Gasteiger charge is -2.35. The zero-order valence-corrected chi connectivity index (χ0v) is 14.3. The van der Waals surface area contributed by atoms with Gasteiger partial charge in [0.1, 0.15) is 0 Å². The third-order valence-corrected chi connectivity index (χ3v) is 4.95. The van der Waals surface area contributed by atoms with Crippen LogP contribution in [-0.4, -0.2) is 16.6 Å². The number of para-hydroxylation sites is 1. The first kappa shape index (κ1) is 15.9. The minimum Gasteiger partial charge on any atom is -0.359 e. The van der Waals surface area contributed by atoms with Gasteiger partial charge in [-0.2, -0.15) is 5.10 Å². The van der Waals surface area contributed by atoms with E-state index in [-0.39, 0.29) is 12.1 Å². The van der Waals surface area contributed by atoms with Gasteiger partial charge in [-0.1, -0.05) is 55.3 Å². The average molecular weight is 333 g/mol. The molecular weight excluding hydrogens is 310 g/mol. The quantitative estimate of drug-likeness (QED) is 0.789. The van der Waals surface area contributed by atoms with Gasteiger partial charge < -0.3 is 5.32 Å². The Labute approximate surface area is 148 Å². The summed E-state index contributed by atoms with van der Waals surface area (Å²) in [5, 5.41) is 9.98. The van der Waals surface area contributed by atoms with Crippen molar-refractivity contribution < 1.29 is 4.79 Å². The molecule has 25 heavy (non-hydrogen) atoms. The molecule has 1 amide bonds. The maximum atomic E-state index is 13.1. The smallest absolute Gasteiger partial charge is 0.278 e. The second-order valence-electron chi connectivity index (χ2n) is 6.73. The molecule has 4 rings (SSSR count). The van der Waals surface area contributed by atoms with Crippen LogP contribution in [0.1, 0.15) is 60.6 Å². The monoisotopic (exact) mass is 333 g/mol. The van der Waals surface area contributed by atoms with Crippen LogP contribution in [0.5, 0.6) is 0 Å². The molecule has 1 aliphatic carbocycles. The molecule has 1 fully saturated rings. The summed E-state index contributed by atoms with van der Waals surface area (Å²) in [5.41, 5.74) is 3.75. The highest BCUT2D eigenvalue weighted by Crippen LogP contribution is 2.33. The molecule has 1 atom stereocenters. The Morgan fingerprint density at radius 3 is 2.32 bits per heavy atom. The summed E-state index contributed by atoms with van der Waals surface area (Å²) in [6, 6.07) is 17.7. The fourth-order valence-corrected chi connectivity index (χ4v) is 3.60. The van der Waals surface area contributed by atoms with Crippen molar-refractivity contribution in [2.45, 2.75) is 44.7 Å². The highest BCUT2D eigenvalue weighted by Gasteiger charge is 2.33. The molecule has 1 aliphatic heterocycles. The highest BCUT2D eigenvalue weighted by atomic mass is 16.2. The number of rotatable bonds is 2. The van der Waals surface area contributed by atoms with Crippen molar-refractivity contribution in [2.24, 2.45) is 5.10 Å². The van der Waals surface area contributed by atoms with E-state index in [2.05, 4.69) is 5.32 Å². The fraction of sp³-hybridized carbons (Fsp3) is 0.333. The van der Waals surface area contributed by atoms with E-state index in [0.29, 0.717) is 5.56 Å². The van der Waals surface area contributed by atoms with Gasteiger partial charge in [0.25, 0.3) is 5.91 Å². The standard InChI is InChI=1S/C21H23N3O/c25-21-18-14-8-9-15-19(18)22-20(16-10-4-3-5-11-16)24(21)23-17-12-6-1-2-7-13-17/h3-5,8-11,14-15,20,22H,1-2,6-7,12-13H2. The van der Waals surface area contributed by atoms with Crippen LogP contribution in [0.15, 0.2) is 59.7 Å². The number of carbonyl (C=O) groups is 1. The molecule has 1 N–H and O–H groups in total. The minimum atomic E-state index is -0.264. The SMILES string of the molecule is O=C1c2ccccc2NC(c2ccccc2)N1N=C1CCCCCC1. The van der Waals surface area contributed by atoms with Gasteiger partial charge >= 0.3 is 0 Å². The predicted molar refractivity (Wildman–Crippen MR) is 101 cm³/mol. The largest absolute Gasteiger partial charge is 0.359 e. The summed E-state index contributed by atoms with van der Waals surface area (Å²) >= 11 is 0. The summed E-state index contributed by atoms with van der Waals surface area (Å²) < 4.78 is 0. The van der Waals surface area contributed by atoms with Crippen molar-refractivity contribution in [3.05, 3.63) is 65.7 Å². The molecule has 0 aromatic heterocycles. The normalized spacial score (nSPS) is 20.5. The van der Waals surface area contributed by atoms with Crippen LogP contribution in [0.4, 0.5) is 5.69 Å². The van der Waals surface area contributed by atoms with Gasteiger partial charge in [0, 0.05) is 11.4 Å². The maximum absolute atomic E-state index is 13.1. The number of hydrogen-bond donors (Lipinski definition) is 1. The van der Waals surface area contributed by atoms with Gasteiger partial charge in [-0.15, -0.1) is 0 Å². The lowest BCUT2D eigenvalue weighted by atomic mass is 10.0. The Balaban J connectivity index is 1.74. The summed E-state index contributed by atoms with van der Waals surface area (Å²) in [6.45, 7) is 0. The van der Waals surface area contributed by atoms with E-state index in [1.807, 2.05) is 54.6 Å². The number of anilines is 1. The molecule has 0 saturated heterocycles. The average Bonchev–Trinajstić information content (AvgIpc) is 2.93. The molecule has 1 unspecified atom stereocenters. The van der Waals surface area contributed by atoms with Crippen LogP contribution in [-0.2, 0) is 0 Å². The van der Waals surface area contributed by atoms with Gasteiger partial charge in [-0.25, -0.2) is 5.01 Å². The molecule has 2 aromatic carbocycles. The van der Waals surface area contributed by atoms with E-state index in [4.69, 9.17) is 5.10 Å². The molecule has 0 bridgehead atoms. The molecule has 1 saturated carbocycles. The van der Waals surface area contributed by atoms with Crippen molar-refractivity contribution in [3.63, 3.8) is 0 Å². The van der Waals surface area contributed by atoms with Crippen LogP contribution in [0.2, 0.25) is 0 Å². The molecule has 128 valence electrons. The van der Waals surface area contributed by atoms with E-state index in [9.17, 15) is 4.79 Å². The molecule has 4 heteroatoms. The van der Waals surface area contributed by atoms with Gasteiger partial charge in [0.2, 0.25) is 0 Å². The number of fused-ring (bicyclic) bond motifs is 1. The first-order valence-corrected chi connectivity index (χ1v) is 9.13. The molecule has 4 nitrogen and oxygen atoms in total. The number of hydrogen-bond acceptors (Lipinski definition) is 3. The van der Waals surface area contributed by atoms with Crippen LogP contribution in [0.3, 0.4) is 0 Å². The summed E-state index contributed by atoms with van der Waals surface area (Å²) in [7, 11) is 0. The lowest BCUT2D eigenvalue weighted by molar-refractivity contribution is 0.0688. The first-order chi connectivity index (χ1) is 12.3. The van der Waals surface area contributed by atoms with Gasteiger partial charge in [0.15, 0.2) is 6.17 Å². The van der Waals surface area contributed by atoms with E-state index in [1.54, 1.807) is 5.01 Å². The lowest BCUT2D eigenvalue weighted by Crippen LogP contribution is -2.40. The molecule has 2 aliphatic rings. The second-order valence-corrected chi connectivity index (χ2v) is 6.73. The maximum Gasteiger partial charge on any atom is 0.278 e. The van der Waals surface area contributed by atoms with E-state index in [0.717, 1.165) is 29.8 Å². The van der Waals surface area contributed by atoms with Crippen molar-refractivity contribution in [1.29, 1.82) is 0 Å². The van der Waals surface area contributed by atoms with Gasteiger partial charge in [-0.3, -0.25) is 4.79 Å². The summed E-state index contributed by atoms with van der Waals surface area (Å²) in [4.78, 5) is 13.1. The Morgan fingerprint density at radius 1 is 0.880 bits per heavy atom. The van der Waals surface area contributed by atoms with E-state index >= 15 is 0 Å². The molecule has 1 heterocycles. The van der Waals surface area contributed by atoms with Crippen LogP contribution in [0.25, 0.3) is 0 Å². The Kier molecular flexibility index (Phi) is 4.51. The summed E-state index contributed by atoms with van der Waals surface area (Å²) in [6.07, 6.45) is 6.58. The zero-order valence-electron chi connectivity index (χ0n) is 14.3. The summed E-state index contributed by atoms with van der Waals surface area (Å²) in [5.74, 6) is -0.0278. The Bertz CT molecular complexity index is 775. The Morgan fingerprint density at radius 2 is 1.56 bits per heavy atom. The molecule has 0 spiro atoms. The number of hydrazone groups is 1. The van der Waals surface area contributed by atoms with Crippen molar-refractivity contribution in [2.75, 3.05) is 5.32 Å². The third kappa shape index (κ3) is 3.29. The first-order valence-electron chi connectivity index (χ1n) is 9.13. The number of benzene rings is 2. The van der Waals surface area contributed by atoms with Crippen molar-refractivity contribution >= 4 is 17.3 Å². The van der Waals surface area contributed by atoms with Crippen LogP contribution < -0.4 is 5.32 Å². The van der Waals surface area contributed by atoms with Crippen molar-refractivity contribution in [1.82, 2.24) is 5.01 Å². The number of nitrogens with zero attached hydrogens (tertiary/aromatic N) is 2.